The summed E-state index contributed by atoms with van der Waals surface area (Å²) in [4.78, 5) is 44.5. The highest BCUT2D eigenvalue weighted by molar-refractivity contribution is 6.41. The minimum absolute atomic E-state index is 0.636. The average molecular weight is 1620 g/mol. The van der Waals surface area contributed by atoms with Crippen molar-refractivity contribution in [1.82, 2.24) is 71.8 Å². The molecule has 0 saturated heterocycles. The highest BCUT2D eigenvalue weighted by atomic mass is 15.2. The van der Waals surface area contributed by atoms with E-state index < -0.39 is 0 Å². The van der Waals surface area contributed by atoms with Gasteiger partial charge in [0, 0.05) is 137 Å². The predicted molar refractivity (Wildman–Crippen MR) is 522 cm³/mol. The maximum absolute atomic E-state index is 5.35. The molecule has 0 aliphatic rings. The van der Waals surface area contributed by atoms with Crippen molar-refractivity contribution in [3.05, 3.63) is 370 Å². The van der Waals surface area contributed by atoms with E-state index >= 15 is 0 Å². The SMILES string of the molecule is Cc1nc(-n2c3cc4c5ccccc5n5c6ccccc6c(c3c3ccc6ccccc6c32)c45)nc2cccnc12.c1ccc(-c2nc(-n3c4cc5c6ccccc6n6c7ccccc7c(c4c4ccc7ccccc7c43)c56)nc3cccnc23)cc1.c1ccc2c(c1)ccc1c3c4c5ccccc5n5c6ccccc6c(cc3n(-c3ncc6ncccc6n3)c21)c45. The van der Waals surface area contributed by atoms with Crippen molar-refractivity contribution in [1.29, 1.82) is 0 Å². The summed E-state index contributed by atoms with van der Waals surface area (Å²) >= 11 is 0. The molecule has 0 atom stereocenters. The van der Waals surface area contributed by atoms with Crippen LogP contribution in [-0.2, 0) is 0 Å². The number of benzene rings is 16. The van der Waals surface area contributed by atoms with Crippen LogP contribution in [0.2, 0.25) is 0 Å². The number of nitrogens with zero attached hydrogens (tertiary/aromatic N) is 15. The fraction of sp³-hybridized carbons (Fsp3) is 0.00893. The molecule has 0 bridgehead atoms. The van der Waals surface area contributed by atoms with E-state index in [1.807, 2.05) is 73.9 Å². The Morgan fingerprint density at radius 1 is 0.205 bits per heavy atom. The van der Waals surface area contributed by atoms with E-state index in [1.165, 1.54) is 179 Å². The zero-order valence-electron chi connectivity index (χ0n) is 67.8. The average Bonchev–Trinajstić information content (AvgIpc) is 1.52. The largest absolute Gasteiger partial charge is 0.308 e. The molecule has 0 unspecified atom stereocenters. The van der Waals surface area contributed by atoms with Crippen molar-refractivity contribution in [3.8, 4) is 29.1 Å². The normalized spacial score (nSPS) is 12.4. The first kappa shape index (κ1) is 68.2. The number of hydrogen-bond acceptors (Lipinski definition) is 9. The topological polar surface area (TPSA) is 144 Å². The van der Waals surface area contributed by atoms with E-state index in [9.17, 15) is 0 Å². The van der Waals surface area contributed by atoms with E-state index in [-0.39, 0.29) is 0 Å². The fourth-order valence-electron chi connectivity index (χ4n) is 22.0. The number of aryl methyl sites for hydroxylation is 1. The van der Waals surface area contributed by atoms with Crippen LogP contribution in [0, 0.1) is 6.92 Å². The van der Waals surface area contributed by atoms with Gasteiger partial charge in [0.25, 0.3) is 0 Å². The van der Waals surface area contributed by atoms with Crippen LogP contribution in [-0.4, -0.2) is 71.8 Å². The van der Waals surface area contributed by atoms with Crippen LogP contribution < -0.4 is 0 Å². The third-order valence-electron chi connectivity index (χ3n) is 27.0. The molecule has 127 heavy (non-hydrogen) atoms. The molecule has 0 fully saturated rings. The van der Waals surface area contributed by atoms with Crippen LogP contribution in [0.25, 0.3) is 274 Å². The zero-order chi connectivity index (χ0) is 82.7. The number of pyridine rings is 3. The molecule has 15 heterocycles. The lowest BCUT2D eigenvalue weighted by molar-refractivity contribution is 0.986. The number of para-hydroxylation sites is 6. The van der Waals surface area contributed by atoms with Gasteiger partial charge < -0.3 is 13.2 Å². The second-order valence-corrected chi connectivity index (χ2v) is 33.5. The lowest BCUT2D eigenvalue weighted by atomic mass is 10.0. The molecule has 0 saturated carbocycles. The molecular formula is C112H63N15. The van der Waals surface area contributed by atoms with Crippen molar-refractivity contribution < 1.29 is 0 Å². The first-order valence-electron chi connectivity index (χ1n) is 42.9. The van der Waals surface area contributed by atoms with Crippen LogP contribution in [0.4, 0.5) is 0 Å². The third kappa shape index (κ3) is 9.18. The third-order valence-corrected chi connectivity index (χ3v) is 27.0. The Bertz CT molecular complexity index is 10200. The van der Waals surface area contributed by atoms with Crippen molar-refractivity contribution in [2.45, 2.75) is 6.92 Å². The molecule has 0 spiro atoms. The van der Waals surface area contributed by atoms with E-state index in [0.29, 0.717) is 17.8 Å². The molecule has 0 N–H and O–H groups in total. The highest BCUT2D eigenvalue weighted by Gasteiger charge is 2.31. The Labute approximate surface area is 718 Å². The second-order valence-electron chi connectivity index (χ2n) is 33.5. The molecule has 0 radical (unpaired) electrons. The van der Waals surface area contributed by atoms with Gasteiger partial charge in [-0.3, -0.25) is 28.7 Å². The molecule has 0 aliphatic heterocycles. The summed E-state index contributed by atoms with van der Waals surface area (Å²) < 4.78 is 14.2. The molecule has 15 aromatic heterocycles. The number of aromatic nitrogens is 15. The Kier molecular flexibility index (Phi) is 13.6. The van der Waals surface area contributed by atoms with E-state index in [4.69, 9.17) is 34.9 Å². The second kappa shape index (κ2) is 25.4. The summed E-state index contributed by atoms with van der Waals surface area (Å²) in [6, 6.07) is 121. The first-order valence-corrected chi connectivity index (χ1v) is 42.9. The first-order chi connectivity index (χ1) is 63.0. The van der Waals surface area contributed by atoms with Crippen molar-refractivity contribution in [3.63, 3.8) is 0 Å². The summed E-state index contributed by atoms with van der Waals surface area (Å²) in [6.45, 7) is 2.02. The molecular weight excluding hydrogens is 1560 g/mol. The van der Waals surface area contributed by atoms with Crippen LogP contribution in [0.1, 0.15) is 5.69 Å². The van der Waals surface area contributed by atoms with E-state index in [2.05, 4.69) is 322 Å². The molecule has 15 nitrogen and oxygen atoms in total. The Morgan fingerprint density at radius 3 is 0.984 bits per heavy atom. The van der Waals surface area contributed by atoms with Gasteiger partial charge in [0.05, 0.1) is 111 Å². The number of fused-ring (bicyclic) bond motifs is 39. The predicted octanol–water partition coefficient (Wildman–Crippen LogP) is 27.3. The number of rotatable bonds is 4. The maximum atomic E-state index is 5.35. The minimum atomic E-state index is 0.636. The van der Waals surface area contributed by atoms with Gasteiger partial charge in [0.2, 0.25) is 17.8 Å². The van der Waals surface area contributed by atoms with Crippen LogP contribution >= 0.6 is 0 Å². The highest BCUT2D eigenvalue weighted by Crippen LogP contribution is 2.53. The van der Waals surface area contributed by atoms with Crippen LogP contribution in [0.15, 0.2) is 365 Å². The zero-order valence-corrected chi connectivity index (χ0v) is 67.8. The Hall–Kier alpha value is -17.4. The molecule has 0 amide bonds. The van der Waals surface area contributed by atoms with Crippen LogP contribution in [0.5, 0.6) is 0 Å². The van der Waals surface area contributed by atoms with Gasteiger partial charge in [-0.25, -0.2) is 29.9 Å². The summed E-state index contributed by atoms with van der Waals surface area (Å²) in [5, 5.41) is 29.4. The van der Waals surface area contributed by atoms with Crippen LogP contribution in [0.3, 0.4) is 0 Å². The molecule has 16 aromatic carbocycles. The Balaban J connectivity index is 0.0000000949. The summed E-state index contributed by atoms with van der Waals surface area (Å²) in [5.74, 6) is 1.96. The van der Waals surface area contributed by atoms with E-state index in [0.717, 1.165) is 83.2 Å². The summed E-state index contributed by atoms with van der Waals surface area (Å²) in [7, 11) is 0. The maximum Gasteiger partial charge on any atom is 0.235 e. The lowest BCUT2D eigenvalue weighted by Crippen LogP contribution is -2.04. The van der Waals surface area contributed by atoms with Gasteiger partial charge in [-0.2, -0.15) is 0 Å². The molecule has 31 rings (SSSR count). The van der Waals surface area contributed by atoms with Crippen molar-refractivity contribution >= 4 is 245 Å². The van der Waals surface area contributed by atoms with Gasteiger partial charge in [-0.1, -0.05) is 249 Å². The quantitative estimate of drug-likeness (QED) is 0.168. The standard InChI is InChI=1S/C41H23N5.C36H21N5.C35H19N5/c1-2-12-25(13-3-1)37-38-31(17-10-22-42-38)43-41(44-37)46-34-23-30-27-15-6-8-18-32(27)45-33-19-9-7-16-28(33)36(40(30)45)35(34)29-21-20-24-11-4-5-14-26(24)39(29)46;1-20-33-27(13-8-18-37-33)39-36(38-20)41-30-19-26-23-11-4-6-14-28(23)40-29-15-7-5-12-24(29)32(35(26)40)31(30)25-17-16-21-9-2-3-10-22(21)34(25)41;1-2-9-21-20(8-1)15-16-24-31-30(40(33(21)24)35-37-19-27-26(38-35)12-7-17-36-27)18-25-22-10-3-5-13-28(22)39-29-14-6-4-11-23(29)32(31)34(25)39/h1-23H;2-19H,1H3;1-19H. The van der Waals surface area contributed by atoms with Crippen molar-refractivity contribution in [2.75, 3.05) is 0 Å². The van der Waals surface area contributed by atoms with Gasteiger partial charge in [-0.05, 0) is 114 Å². The van der Waals surface area contributed by atoms with Crippen molar-refractivity contribution in [2.24, 2.45) is 0 Å². The monoisotopic (exact) mass is 1620 g/mol. The minimum Gasteiger partial charge on any atom is -0.308 e. The molecule has 0 aliphatic carbocycles. The number of hydrogen-bond donors (Lipinski definition) is 0. The molecule has 586 valence electrons. The van der Waals surface area contributed by atoms with Gasteiger partial charge in [0.15, 0.2) is 0 Å². The van der Waals surface area contributed by atoms with Gasteiger partial charge in [0.1, 0.15) is 22.2 Å². The fourth-order valence-corrected chi connectivity index (χ4v) is 22.0. The lowest BCUT2D eigenvalue weighted by Gasteiger charge is -2.12. The van der Waals surface area contributed by atoms with Gasteiger partial charge in [-0.15, -0.1) is 0 Å². The summed E-state index contributed by atoms with van der Waals surface area (Å²) in [5.41, 5.74) is 25.4. The summed E-state index contributed by atoms with van der Waals surface area (Å²) in [6.07, 6.45) is 7.24. The smallest absolute Gasteiger partial charge is 0.235 e. The Morgan fingerprint density at radius 2 is 0.543 bits per heavy atom. The van der Waals surface area contributed by atoms with E-state index in [1.54, 1.807) is 12.4 Å². The molecule has 31 aromatic rings. The molecule has 15 heteroatoms. The van der Waals surface area contributed by atoms with Gasteiger partial charge >= 0.3 is 0 Å².